The second-order valence-electron chi connectivity index (χ2n) is 10.5. The number of alkyl halides is 1. The summed E-state index contributed by atoms with van der Waals surface area (Å²) < 4.78 is 7.74. The first-order valence-corrected chi connectivity index (χ1v) is 17.3. The average Bonchev–Trinajstić information content (AvgIpc) is 3.69. The summed E-state index contributed by atoms with van der Waals surface area (Å²) in [5.41, 5.74) is 1.08. The molecule has 6 heterocycles. The Hall–Kier alpha value is -6.05. The van der Waals surface area contributed by atoms with E-state index in [1.165, 1.54) is 15.3 Å². The monoisotopic (exact) mass is 860 g/mol. The van der Waals surface area contributed by atoms with Crippen LogP contribution in [0.5, 0.6) is 0 Å². The number of fused-ring (bicyclic) bond motifs is 2. The van der Waals surface area contributed by atoms with Gasteiger partial charge in [-0.1, -0.05) is 11.8 Å². The Morgan fingerprint density at radius 2 is 1.28 bits per heavy atom. The Bertz CT molecular complexity index is 2810. The third-order valence-corrected chi connectivity index (χ3v) is 8.89. The lowest BCUT2D eigenvalue weighted by Crippen LogP contribution is -2.40. The molecule has 0 aromatic carbocycles. The van der Waals surface area contributed by atoms with E-state index in [1.54, 1.807) is 67.5 Å². The number of aromatic nitrogens is 10. The van der Waals surface area contributed by atoms with Crippen LogP contribution >= 0.6 is 43.5 Å². The predicted molar refractivity (Wildman–Crippen MR) is 204 cm³/mol. The van der Waals surface area contributed by atoms with E-state index in [0.717, 1.165) is 4.57 Å². The van der Waals surface area contributed by atoms with Crippen molar-refractivity contribution in [2.75, 3.05) is 0 Å². The van der Waals surface area contributed by atoms with Crippen molar-refractivity contribution in [3.8, 4) is 35.8 Å². The van der Waals surface area contributed by atoms with Crippen LogP contribution in [-0.4, -0.2) is 47.8 Å². The van der Waals surface area contributed by atoms with Crippen LogP contribution in [-0.2, 0) is 39.6 Å². The molecule has 0 radical (unpaired) electrons. The van der Waals surface area contributed by atoms with Gasteiger partial charge in [-0.25, -0.2) is 19.6 Å². The van der Waals surface area contributed by atoms with E-state index in [2.05, 4.69) is 80.5 Å². The highest BCUT2D eigenvalue weighted by molar-refractivity contribution is 9.10. The highest BCUT2D eigenvalue weighted by atomic mass is 79.9. The summed E-state index contributed by atoms with van der Waals surface area (Å²) in [6.45, 7) is 3.91. The standard InChI is InChI=1S/C17H13BrN6O2.C10H9BrN4O2.C7H5ClN2/c1-3-4-8-23-13-14(21-16(23)18)22(2)17(26)24(15(13)25)10-12-11(9-19)6-5-7-20-12;1-3-4-5-15-6-7(12-9(15)11)14(2)10(17)13-8(6)16;8-4-7-6(5-9)2-1-3-10-7/h5-7H,8,10H2,1-2H3;5H2,1-2H3,(H,13,16,17);1-3H,4H2. The van der Waals surface area contributed by atoms with Crippen molar-refractivity contribution in [2.24, 2.45) is 14.1 Å². The Labute approximate surface area is 322 Å². The lowest BCUT2D eigenvalue weighted by molar-refractivity contribution is 0.643. The average molecular weight is 863 g/mol. The fraction of sp³-hybridized carbons (Fsp3) is 0.235. The van der Waals surface area contributed by atoms with Crippen LogP contribution in [0.15, 0.2) is 65.3 Å². The van der Waals surface area contributed by atoms with Crippen molar-refractivity contribution in [3.05, 3.63) is 110 Å². The minimum absolute atomic E-state index is 0.104. The second-order valence-corrected chi connectivity index (χ2v) is 12.2. The fourth-order valence-corrected chi connectivity index (χ4v) is 5.91. The van der Waals surface area contributed by atoms with Gasteiger partial charge in [-0.3, -0.25) is 38.2 Å². The van der Waals surface area contributed by atoms with Gasteiger partial charge in [0.2, 0.25) is 0 Å². The third-order valence-electron chi connectivity index (χ3n) is 7.43. The number of hydrogen-bond donors (Lipinski definition) is 1. The Morgan fingerprint density at radius 1 is 0.774 bits per heavy atom. The number of pyridine rings is 2. The molecule has 0 amide bonds. The van der Waals surface area contributed by atoms with E-state index in [4.69, 9.17) is 16.9 Å². The van der Waals surface area contributed by atoms with Crippen LogP contribution in [0, 0.1) is 46.3 Å². The molecule has 0 aliphatic heterocycles. The zero-order valence-corrected chi connectivity index (χ0v) is 32.4. The number of nitrogens with zero attached hydrogens (tertiary/aromatic N) is 11. The normalized spacial score (nSPS) is 10.1. The number of H-pyrrole nitrogens is 1. The molecule has 19 heteroatoms. The first kappa shape index (κ1) is 39.7. The molecule has 1 N–H and O–H groups in total. The molecule has 0 unspecified atom stereocenters. The lowest BCUT2D eigenvalue weighted by Gasteiger charge is -2.09. The quantitative estimate of drug-likeness (QED) is 0.152. The summed E-state index contributed by atoms with van der Waals surface area (Å²) in [5, 5.41) is 17.7. The zero-order valence-electron chi connectivity index (χ0n) is 28.5. The van der Waals surface area contributed by atoms with Gasteiger partial charge >= 0.3 is 11.4 Å². The fourth-order valence-electron chi connectivity index (χ4n) is 4.76. The molecule has 0 fully saturated rings. The van der Waals surface area contributed by atoms with Crippen molar-refractivity contribution in [3.63, 3.8) is 0 Å². The predicted octanol–water partition coefficient (Wildman–Crippen LogP) is 2.90. The zero-order chi connectivity index (χ0) is 38.8. The SMILES string of the molecule is CC#CCn1c(Br)nc2c1c(=O)[nH]c(=O)n2C.CC#CCn1c(Br)nc2c1c(=O)n(Cc1ncccc1C#N)c(=O)n2C.N#Cc1cccnc1CCl. The van der Waals surface area contributed by atoms with Gasteiger partial charge in [0.05, 0.1) is 48.0 Å². The van der Waals surface area contributed by atoms with Crippen molar-refractivity contribution in [2.45, 2.75) is 39.4 Å². The molecule has 0 bridgehead atoms. The molecular formula is C34H27Br2ClN12O4. The highest BCUT2D eigenvalue weighted by Gasteiger charge is 2.20. The van der Waals surface area contributed by atoms with Gasteiger partial charge in [0.1, 0.15) is 12.1 Å². The van der Waals surface area contributed by atoms with E-state index in [-0.39, 0.29) is 24.3 Å². The molecule has 16 nitrogen and oxygen atoms in total. The molecule has 0 aliphatic carbocycles. The molecule has 268 valence electrons. The second kappa shape index (κ2) is 17.9. The van der Waals surface area contributed by atoms with Gasteiger partial charge in [-0.05, 0) is 70.0 Å². The molecule has 53 heavy (non-hydrogen) atoms. The molecule has 0 aliphatic rings. The largest absolute Gasteiger partial charge is 0.332 e. The number of aryl methyl sites for hydroxylation is 2. The first-order chi connectivity index (χ1) is 25.4. The Balaban J connectivity index is 0.000000198. The summed E-state index contributed by atoms with van der Waals surface area (Å²) in [6.07, 6.45) is 3.14. The van der Waals surface area contributed by atoms with Crippen molar-refractivity contribution < 1.29 is 0 Å². The summed E-state index contributed by atoms with van der Waals surface area (Å²) >= 11 is 12.1. The van der Waals surface area contributed by atoms with Gasteiger partial charge < -0.3 is 9.13 Å². The maximum atomic E-state index is 13.0. The van der Waals surface area contributed by atoms with E-state index in [0.29, 0.717) is 55.6 Å². The van der Waals surface area contributed by atoms with Crippen molar-refractivity contribution in [1.29, 1.82) is 10.5 Å². The van der Waals surface area contributed by atoms with Crippen LogP contribution in [0.25, 0.3) is 22.3 Å². The highest BCUT2D eigenvalue weighted by Crippen LogP contribution is 2.17. The van der Waals surface area contributed by atoms with Crippen LogP contribution in [0.1, 0.15) is 36.4 Å². The van der Waals surface area contributed by atoms with Crippen LogP contribution in [0.3, 0.4) is 0 Å². The van der Waals surface area contributed by atoms with Crippen LogP contribution in [0.2, 0.25) is 0 Å². The molecule has 6 aromatic rings. The maximum Gasteiger partial charge on any atom is 0.332 e. The van der Waals surface area contributed by atoms with E-state index >= 15 is 0 Å². The number of nitrogens with one attached hydrogen (secondary N) is 1. The molecule has 0 atom stereocenters. The Kier molecular flexibility index (Phi) is 13.4. The van der Waals surface area contributed by atoms with Gasteiger partial charge in [0.25, 0.3) is 11.1 Å². The van der Waals surface area contributed by atoms with E-state index < -0.39 is 22.5 Å². The maximum absolute atomic E-state index is 13.0. The number of halogens is 3. The summed E-state index contributed by atoms with van der Waals surface area (Å²) in [4.78, 5) is 67.5. The number of rotatable bonds is 5. The summed E-state index contributed by atoms with van der Waals surface area (Å²) in [6, 6.07) is 10.7. The van der Waals surface area contributed by atoms with Gasteiger partial charge in [-0.2, -0.15) is 10.5 Å². The topological polar surface area (TPSA) is 208 Å². The minimum atomic E-state index is -0.532. The number of nitriles is 2. The van der Waals surface area contributed by atoms with E-state index in [1.807, 2.05) is 12.1 Å². The minimum Gasteiger partial charge on any atom is -0.301 e. The third kappa shape index (κ3) is 8.54. The molecular weight excluding hydrogens is 836 g/mol. The molecule has 0 saturated heterocycles. The number of imidazole rings is 2. The number of hydrogen-bond acceptors (Lipinski definition) is 10. The van der Waals surface area contributed by atoms with Crippen LogP contribution < -0.4 is 22.5 Å². The molecule has 6 rings (SSSR count). The summed E-state index contributed by atoms with van der Waals surface area (Å²) in [7, 11) is 3.09. The molecule has 6 aromatic heterocycles. The van der Waals surface area contributed by atoms with E-state index in [9.17, 15) is 24.4 Å². The van der Waals surface area contributed by atoms with Crippen LogP contribution in [0.4, 0.5) is 0 Å². The lowest BCUT2D eigenvalue weighted by atomic mass is 10.2. The smallest absolute Gasteiger partial charge is 0.301 e. The van der Waals surface area contributed by atoms with Crippen molar-refractivity contribution in [1.82, 2.24) is 47.8 Å². The molecule has 0 spiro atoms. The van der Waals surface area contributed by atoms with Crippen molar-refractivity contribution >= 4 is 65.8 Å². The molecule has 0 saturated carbocycles. The summed E-state index contributed by atoms with van der Waals surface area (Å²) in [5.74, 6) is 11.5. The van der Waals surface area contributed by atoms with Gasteiger partial charge in [0, 0.05) is 26.5 Å². The van der Waals surface area contributed by atoms with Gasteiger partial charge in [0.15, 0.2) is 31.8 Å². The van der Waals surface area contributed by atoms with Gasteiger partial charge in [-0.15, -0.1) is 23.4 Å². The Morgan fingerprint density at radius 3 is 1.79 bits per heavy atom. The number of aromatic amines is 1. The first-order valence-electron chi connectivity index (χ1n) is 15.2.